The number of terminal acetylenes is 1. The van der Waals surface area contributed by atoms with Crippen LogP contribution in [0.2, 0.25) is 0 Å². The van der Waals surface area contributed by atoms with Gasteiger partial charge in [0.15, 0.2) is 5.79 Å². The van der Waals surface area contributed by atoms with E-state index >= 15 is 0 Å². The van der Waals surface area contributed by atoms with Gasteiger partial charge in [0.1, 0.15) is 11.7 Å². The number of rotatable bonds is 7. The van der Waals surface area contributed by atoms with Crippen molar-refractivity contribution in [3.63, 3.8) is 0 Å². The van der Waals surface area contributed by atoms with E-state index in [1.807, 2.05) is 6.07 Å². The quantitative estimate of drug-likeness (QED) is 0.569. The maximum atomic E-state index is 12.0. The van der Waals surface area contributed by atoms with Crippen LogP contribution in [0.4, 0.5) is 0 Å². The van der Waals surface area contributed by atoms with Gasteiger partial charge in [-0.25, -0.2) is 4.79 Å². The second kappa shape index (κ2) is 8.19. The fraction of sp³-hybridized carbons (Fsp3) is 0.550. The molecule has 6 nitrogen and oxygen atoms in total. The molecule has 2 N–H and O–H groups in total. The van der Waals surface area contributed by atoms with Crippen LogP contribution in [0.15, 0.2) is 30.3 Å². The molecular weight excluding hydrogens is 336 g/mol. The Labute approximate surface area is 154 Å². The normalized spacial score (nSPS) is 26.7. The van der Waals surface area contributed by atoms with Crippen molar-refractivity contribution in [3.05, 3.63) is 35.9 Å². The summed E-state index contributed by atoms with van der Waals surface area (Å²) >= 11 is 0. The average Bonchev–Trinajstić information content (AvgIpc) is 2.85. The first-order valence-electron chi connectivity index (χ1n) is 8.60. The summed E-state index contributed by atoms with van der Waals surface area (Å²) in [6, 6.07) is 8.69. The van der Waals surface area contributed by atoms with Crippen LogP contribution < -0.4 is 0 Å². The summed E-state index contributed by atoms with van der Waals surface area (Å²) in [7, 11) is 0. The topological polar surface area (TPSA) is 85.2 Å². The third-order valence-electron chi connectivity index (χ3n) is 4.45. The molecule has 6 heteroatoms. The van der Waals surface area contributed by atoms with Crippen LogP contribution in [0.25, 0.3) is 0 Å². The van der Waals surface area contributed by atoms with E-state index in [2.05, 4.69) is 5.92 Å². The van der Waals surface area contributed by atoms with Crippen LogP contribution in [0, 0.1) is 12.3 Å². The number of hydrogen-bond donors (Lipinski definition) is 2. The number of aliphatic hydroxyl groups excluding tert-OH is 2. The highest BCUT2D eigenvalue weighted by atomic mass is 16.8. The van der Waals surface area contributed by atoms with Gasteiger partial charge in [0.05, 0.1) is 24.4 Å². The molecule has 1 unspecified atom stereocenters. The third-order valence-corrected chi connectivity index (χ3v) is 4.45. The Kier molecular flexibility index (Phi) is 6.43. The van der Waals surface area contributed by atoms with Gasteiger partial charge in [-0.1, -0.05) is 24.1 Å². The zero-order chi connectivity index (χ0) is 19.4. The lowest BCUT2D eigenvalue weighted by molar-refractivity contribution is -0.181. The Bertz CT molecular complexity index is 650. The van der Waals surface area contributed by atoms with Gasteiger partial charge in [0, 0.05) is 12.8 Å². The average molecular weight is 362 g/mol. The van der Waals surface area contributed by atoms with Gasteiger partial charge >= 0.3 is 5.97 Å². The van der Waals surface area contributed by atoms with Crippen LogP contribution in [0.1, 0.15) is 44.0 Å². The van der Waals surface area contributed by atoms with E-state index in [1.54, 1.807) is 45.0 Å². The van der Waals surface area contributed by atoms with Gasteiger partial charge in [-0.05, 0) is 32.9 Å². The molecule has 0 radical (unpaired) electrons. The van der Waals surface area contributed by atoms with Crippen LogP contribution in [-0.2, 0) is 14.2 Å². The molecular formula is C20H26O6. The summed E-state index contributed by atoms with van der Waals surface area (Å²) in [4.78, 5) is 12.0. The highest BCUT2D eigenvalue weighted by molar-refractivity contribution is 5.89. The van der Waals surface area contributed by atoms with Crippen molar-refractivity contribution in [3.8, 4) is 12.3 Å². The number of carbonyl (C=O) groups excluding carboxylic acids is 1. The minimum atomic E-state index is -1.08. The SMILES string of the molecule is C#CC(O)C[C@@H](O)[C@@]1(C)OC(C)(C)O[C@@H]1CCOC(=O)c1ccccc1. The van der Waals surface area contributed by atoms with Crippen molar-refractivity contribution in [1.82, 2.24) is 0 Å². The molecule has 0 bridgehead atoms. The van der Waals surface area contributed by atoms with E-state index < -0.39 is 35.7 Å². The van der Waals surface area contributed by atoms with Gasteiger partial charge in [-0.15, -0.1) is 6.42 Å². The van der Waals surface area contributed by atoms with Crippen LogP contribution >= 0.6 is 0 Å². The molecule has 1 aliphatic heterocycles. The van der Waals surface area contributed by atoms with Gasteiger partial charge in [-0.3, -0.25) is 0 Å². The highest BCUT2D eigenvalue weighted by Gasteiger charge is 2.54. The monoisotopic (exact) mass is 362 g/mol. The van der Waals surface area contributed by atoms with Crippen LogP contribution in [0.5, 0.6) is 0 Å². The van der Waals surface area contributed by atoms with Gasteiger partial charge in [0.2, 0.25) is 0 Å². The van der Waals surface area contributed by atoms with Crippen molar-refractivity contribution < 1.29 is 29.2 Å². The lowest BCUT2D eigenvalue weighted by atomic mass is 9.87. The Balaban J connectivity index is 1.99. The molecule has 1 saturated heterocycles. The molecule has 1 heterocycles. The van der Waals surface area contributed by atoms with Crippen LogP contribution in [-0.4, -0.2) is 52.5 Å². The van der Waals surface area contributed by atoms with E-state index in [9.17, 15) is 15.0 Å². The predicted octanol–water partition coefficient (Wildman–Crippen LogP) is 1.89. The number of ether oxygens (including phenoxy) is 3. The van der Waals surface area contributed by atoms with E-state index in [-0.39, 0.29) is 13.0 Å². The molecule has 4 atom stereocenters. The number of aliphatic hydroxyl groups is 2. The molecule has 142 valence electrons. The molecule has 1 fully saturated rings. The molecule has 0 aliphatic carbocycles. The van der Waals surface area contributed by atoms with Crippen LogP contribution in [0.3, 0.4) is 0 Å². The summed E-state index contributed by atoms with van der Waals surface area (Å²) in [5.41, 5.74) is -0.614. The largest absolute Gasteiger partial charge is 0.462 e. The molecule has 1 aromatic rings. The number of esters is 1. The maximum absolute atomic E-state index is 12.0. The Morgan fingerprint density at radius 1 is 1.31 bits per heavy atom. The van der Waals surface area contributed by atoms with Gasteiger partial charge in [0.25, 0.3) is 0 Å². The van der Waals surface area contributed by atoms with Crippen molar-refractivity contribution >= 4 is 5.97 Å². The molecule has 1 aromatic carbocycles. The van der Waals surface area contributed by atoms with Crippen molar-refractivity contribution in [1.29, 1.82) is 0 Å². The lowest BCUT2D eigenvalue weighted by Crippen LogP contribution is -2.49. The molecule has 0 saturated carbocycles. The van der Waals surface area contributed by atoms with Crippen molar-refractivity contribution in [2.75, 3.05) is 6.61 Å². The second-order valence-corrected chi connectivity index (χ2v) is 7.02. The predicted molar refractivity (Wildman–Crippen MR) is 95.2 cm³/mol. The number of hydrogen-bond acceptors (Lipinski definition) is 6. The first-order valence-corrected chi connectivity index (χ1v) is 8.60. The summed E-state index contributed by atoms with van der Waals surface area (Å²) in [5, 5.41) is 20.2. The Morgan fingerprint density at radius 2 is 1.96 bits per heavy atom. The zero-order valence-corrected chi connectivity index (χ0v) is 15.3. The van der Waals surface area contributed by atoms with E-state index in [0.717, 1.165) is 0 Å². The Morgan fingerprint density at radius 3 is 2.58 bits per heavy atom. The molecule has 2 rings (SSSR count). The number of carbonyl (C=O) groups is 1. The maximum Gasteiger partial charge on any atom is 0.338 e. The zero-order valence-electron chi connectivity index (χ0n) is 15.3. The van der Waals surface area contributed by atoms with E-state index in [1.165, 1.54) is 0 Å². The molecule has 0 aromatic heterocycles. The fourth-order valence-corrected chi connectivity index (χ4v) is 3.14. The summed E-state index contributed by atoms with van der Waals surface area (Å²) < 4.78 is 17.1. The highest BCUT2D eigenvalue weighted by Crippen LogP contribution is 2.41. The van der Waals surface area contributed by atoms with E-state index in [0.29, 0.717) is 12.0 Å². The minimum absolute atomic E-state index is 0.0350. The van der Waals surface area contributed by atoms with Crippen molar-refractivity contribution in [2.24, 2.45) is 0 Å². The summed E-state index contributed by atoms with van der Waals surface area (Å²) in [6.07, 6.45) is 2.84. The summed E-state index contributed by atoms with van der Waals surface area (Å²) in [6.45, 7) is 5.30. The van der Waals surface area contributed by atoms with Gasteiger partial charge < -0.3 is 24.4 Å². The van der Waals surface area contributed by atoms with E-state index in [4.69, 9.17) is 20.6 Å². The first-order chi connectivity index (χ1) is 12.2. The standard InChI is InChI=1S/C20H26O6/c1-5-15(21)13-16(22)20(4)17(25-19(2,3)26-20)11-12-24-18(23)14-9-7-6-8-10-14/h1,6-10,15-17,21-22H,11-13H2,2-4H3/t15?,16-,17-,20-/m1/s1. The number of benzene rings is 1. The Hall–Kier alpha value is -1.91. The second-order valence-electron chi connectivity index (χ2n) is 7.02. The molecule has 0 amide bonds. The smallest absolute Gasteiger partial charge is 0.338 e. The van der Waals surface area contributed by atoms with Gasteiger partial charge in [-0.2, -0.15) is 0 Å². The molecule has 1 aliphatic rings. The third kappa shape index (κ3) is 4.83. The minimum Gasteiger partial charge on any atom is -0.462 e. The van der Waals surface area contributed by atoms with Crippen molar-refractivity contribution in [2.45, 2.75) is 63.3 Å². The molecule has 0 spiro atoms. The summed E-state index contributed by atoms with van der Waals surface area (Å²) in [5.74, 6) is 0.844. The fourth-order valence-electron chi connectivity index (χ4n) is 3.14. The lowest BCUT2D eigenvalue weighted by Gasteiger charge is -2.34. The first kappa shape index (κ1) is 20.4. The molecule has 26 heavy (non-hydrogen) atoms.